The molecule has 0 aromatic heterocycles. The van der Waals surface area contributed by atoms with E-state index in [9.17, 15) is 8.76 Å². The van der Waals surface area contributed by atoms with Crippen LogP contribution < -0.4 is 4.90 Å². The molecule has 1 unspecified atom stereocenters. The van der Waals surface area contributed by atoms with E-state index in [1.165, 1.54) is 0 Å². The summed E-state index contributed by atoms with van der Waals surface area (Å²) in [6.07, 6.45) is 0. The van der Waals surface area contributed by atoms with Crippen LogP contribution in [0.2, 0.25) is 0 Å². The predicted octanol–water partition coefficient (Wildman–Crippen LogP) is 1.10. The van der Waals surface area contributed by atoms with Crippen LogP contribution in [-0.4, -0.2) is 35.1 Å². The highest BCUT2D eigenvalue weighted by molar-refractivity contribution is 8.29. The first kappa shape index (κ1) is 11.8. The molecule has 1 aromatic rings. The van der Waals surface area contributed by atoms with E-state index >= 15 is 0 Å². The molecule has 1 heterocycles. The number of hydrogen-bond acceptors (Lipinski definition) is 4. The van der Waals surface area contributed by atoms with E-state index < -0.39 is 8.77 Å². The summed E-state index contributed by atoms with van der Waals surface area (Å²) in [6.45, 7) is 2.97. The second-order valence-electron chi connectivity index (χ2n) is 3.57. The number of rotatable bonds is 2. The van der Waals surface area contributed by atoms with E-state index in [1.807, 2.05) is 6.07 Å². The van der Waals surface area contributed by atoms with Gasteiger partial charge in [-0.2, -0.15) is 0 Å². The Balaban J connectivity index is 2.28. The van der Waals surface area contributed by atoms with Gasteiger partial charge in [0, 0.05) is 30.0 Å². The Bertz CT molecular complexity index is 467. The highest BCUT2D eigenvalue weighted by atomic mass is 32.8. The van der Waals surface area contributed by atoms with Gasteiger partial charge in [0.05, 0.1) is 18.1 Å². The van der Waals surface area contributed by atoms with Crippen molar-refractivity contribution >= 4 is 25.6 Å². The maximum absolute atomic E-state index is 11.4. The van der Waals surface area contributed by atoms with Crippen molar-refractivity contribution < 1.29 is 13.5 Å². The lowest BCUT2D eigenvalue weighted by molar-refractivity contribution is 0.122. The highest BCUT2D eigenvalue weighted by Crippen LogP contribution is 2.20. The number of anilines is 1. The van der Waals surface area contributed by atoms with Crippen LogP contribution in [0.4, 0.5) is 5.69 Å². The fourth-order valence-electron chi connectivity index (χ4n) is 1.66. The smallest absolute Gasteiger partial charge is 0.171 e. The van der Waals surface area contributed by atoms with Crippen molar-refractivity contribution in [2.75, 3.05) is 31.2 Å². The maximum atomic E-state index is 11.4. The Hall–Kier alpha value is -0.690. The van der Waals surface area contributed by atoms with Crippen molar-refractivity contribution in [3.63, 3.8) is 0 Å². The van der Waals surface area contributed by atoms with Crippen LogP contribution in [0.5, 0.6) is 0 Å². The maximum Gasteiger partial charge on any atom is 0.171 e. The Labute approximate surface area is 99.7 Å². The molecular formula is C10H13NO3S2. The minimum Gasteiger partial charge on any atom is -0.378 e. The molecule has 1 aliphatic heterocycles. The van der Waals surface area contributed by atoms with Crippen LogP contribution >= 0.6 is 0 Å². The molecule has 88 valence electrons. The summed E-state index contributed by atoms with van der Waals surface area (Å²) in [6, 6.07) is 6.93. The monoisotopic (exact) mass is 259 g/mol. The summed E-state index contributed by atoms with van der Waals surface area (Å²) < 4.78 is 25.9. The van der Waals surface area contributed by atoms with Crippen molar-refractivity contribution in [1.82, 2.24) is 0 Å². The molecule has 0 aliphatic carbocycles. The molecule has 4 nitrogen and oxygen atoms in total. The Morgan fingerprint density at radius 3 is 2.69 bits per heavy atom. The molecule has 2 rings (SSSR count). The summed E-state index contributed by atoms with van der Waals surface area (Å²) in [5.74, 6) is 0. The molecule has 1 aromatic carbocycles. The van der Waals surface area contributed by atoms with Gasteiger partial charge in [0.15, 0.2) is 8.77 Å². The summed E-state index contributed by atoms with van der Waals surface area (Å²) in [5.41, 5.74) is 0.924. The molecule has 0 bridgehead atoms. The molecule has 1 saturated heterocycles. The highest BCUT2D eigenvalue weighted by Gasteiger charge is 2.13. The van der Waals surface area contributed by atoms with Crippen molar-refractivity contribution in [2.45, 2.75) is 4.90 Å². The molecule has 1 atom stereocenters. The van der Waals surface area contributed by atoms with Gasteiger partial charge >= 0.3 is 0 Å². The average molecular weight is 259 g/mol. The van der Waals surface area contributed by atoms with Crippen LogP contribution in [-0.2, 0) is 24.7 Å². The van der Waals surface area contributed by atoms with Crippen LogP contribution in [0.15, 0.2) is 29.2 Å². The standard InChI is InChI=1S/C10H13NO3S2/c12-16(13,15)10-3-1-2-9(8-10)11-4-6-14-7-5-11/h1-3,8H,4-7H2,(H,12,13,15). The first-order valence-electron chi connectivity index (χ1n) is 4.97. The van der Waals surface area contributed by atoms with Gasteiger partial charge in [-0.15, -0.1) is 0 Å². The SMILES string of the molecule is O=S(O)(=S)c1cccc(N2CCOCC2)c1. The van der Waals surface area contributed by atoms with Gasteiger partial charge < -0.3 is 14.2 Å². The number of morpholine rings is 1. The van der Waals surface area contributed by atoms with Gasteiger partial charge in [-0.05, 0) is 18.2 Å². The molecular weight excluding hydrogens is 246 g/mol. The third kappa shape index (κ3) is 2.70. The molecule has 0 spiro atoms. The fraction of sp³-hybridized carbons (Fsp3) is 0.400. The van der Waals surface area contributed by atoms with Crippen LogP contribution in [0, 0.1) is 0 Å². The topological polar surface area (TPSA) is 49.8 Å². The van der Waals surface area contributed by atoms with Gasteiger partial charge in [0.2, 0.25) is 0 Å². The summed E-state index contributed by atoms with van der Waals surface area (Å²) in [5, 5.41) is 0. The molecule has 0 radical (unpaired) electrons. The first-order valence-corrected chi connectivity index (χ1v) is 7.41. The number of hydrogen-bond donors (Lipinski definition) is 1. The molecule has 6 heteroatoms. The number of ether oxygens (including phenoxy) is 1. The fourth-order valence-corrected chi connectivity index (χ4v) is 2.49. The van der Waals surface area contributed by atoms with E-state index in [0.29, 0.717) is 18.1 Å². The molecule has 0 amide bonds. The second-order valence-corrected chi connectivity index (χ2v) is 6.35. The first-order chi connectivity index (χ1) is 7.57. The molecule has 0 saturated carbocycles. The van der Waals surface area contributed by atoms with Gasteiger partial charge in [0.25, 0.3) is 0 Å². The van der Waals surface area contributed by atoms with Crippen molar-refractivity contribution in [2.24, 2.45) is 0 Å². The molecule has 1 aliphatic rings. The molecule has 1 N–H and O–H groups in total. The summed E-state index contributed by atoms with van der Waals surface area (Å²) in [7, 11) is -3.29. The largest absolute Gasteiger partial charge is 0.378 e. The Morgan fingerprint density at radius 2 is 2.06 bits per heavy atom. The lowest BCUT2D eigenvalue weighted by Gasteiger charge is -2.29. The van der Waals surface area contributed by atoms with Crippen LogP contribution in [0.1, 0.15) is 0 Å². The van der Waals surface area contributed by atoms with Crippen molar-refractivity contribution in [3.8, 4) is 0 Å². The number of nitrogens with zero attached hydrogens (tertiary/aromatic N) is 1. The van der Waals surface area contributed by atoms with Crippen LogP contribution in [0.25, 0.3) is 0 Å². The summed E-state index contributed by atoms with van der Waals surface area (Å²) in [4.78, 5) is 2.42. The Kier molecular flexibility index (Phi) is 3.44. The van der Waals surface area contributed by atoms with E-state index in [0.717, 1.165) is 18.8 Å². The van der Waals surface area contributed by atoms with Gasteiger partial charge in [0.1, 0.15) is 0 Å². The van der Waals surface area contributed by atoms with Crippen molar-refractivity contribution in [1.29, 1.82) is 0 Å². The third-order valence-corrected chi connectivity index (χ3v) is 3.92. The van der Waals surface area contributed by atoms with E-state index in [2.05, 4.69) is 16.1 Å². The minimum atomic E-state index is -3.29. The lowest BCUT2D eigenvalue weighted by Crippen LogP contribution is -2.36. The minimum absolute atomic E-state index is 0.298. The van der Waals surface area contributed by atoms with Gasteiger partial charge in [-0.3, -0.25) is 0 Å². The lowest BCUT2D eigenvalue weighted by atomic mass is 10.2. The quantitative estimate of drug-likeness (QED) is 0.862. The zero-order valence-corrected chi connectivity index (χ0v) is 10.3. The zero-order valence-electron chi connectivity index (χ0n) is 8.67. The second kappa shape index (κ2) is 4.67. The van der Waals surface area contributed by atoms with E-state index in [1.54, 1.807) is 18.2 Å². The zero-order chi connectivity index (χ0) is 11.6. The van der Waals surface area contributed by atoms with E-state index in [4.69, 9.17) is 4.74 Å². The third-order valence-electron chi connectivity index (χ3n) is 2.49. The van der Waals surface area contributed by atoms with Crippen molar-refractivity contribution in [3.05, 3.63) is 24.3 Å². The average Bonchev–Trinajstić information content (AvgIpc) is 2.29. The predicted molar refractivity (Wildman–Crippen MR) is 65.9 cm³/mol. The summed E-state index contributed by atoms with van der Waals surface area (Å²) >= 11 is 4.55. The Morgan fingerprint density at radius 1 is 1.38 bits per heavy atom. The molecule has 16 heavy (non-hydrogen) atoms. The molecule has 1 fully saturated rings. The van der Waals surface area contributed by atoms with Crippen LogP contribution in [0.3, 0.4) is 0 Å². The van der Waals surface area contributed by atoms with Gasteiger partial charge in [-0.25, -0.2) is 4.21 Å². The number of benzene rings is 1. The van der Waals surface area contributed by atoms with E-state index in [-0.39, 0.29) is 0 Å². The van der Waals surface area contributed by atoms with Gasteiger partial charge in [-0.1, -0.05) is 6.07 Å². The normalized spacial score (nSPS) is 20.4.